The number of hydrogen-bond acceptors (Lipinski definition) is 2. The van der Waals surface area contributed by atoms with Gasteiger partial charge in [0.15, 0.2) is 0 Å². The maximum Gasteiger partial charge on any atom is 0.133 e. The molecule has 0 atom stereocenters. The summed E-state index contributed by atoms with van der Waals surface area (Å²) in [4.78, 5) is 0. The van der Waals surface area contributed by atoms with Crippen LogP contribution in [-0.4, -0.2) is 13.7 Å². The first-order valence-electron chi connectivity index (χ1n) is 8.34. The quantitative estimate of drug-likeness (QED) is 0.656. The highest BCUT2D eigenvalue weighted by Gasteiger charge is 2.05. The fourth-order valence-corrected chi connectivity index (χ4v) is 2.96. The van der Waals surface area contributed by atoms with Crippen LogP contribution in [0.15, 0.2) is 60.7 Å². The van der Waals surface area contributed by atoms with E-state index in [1.54, 1.807) is 7.11 Å². The zero-order valence-corrected chi connectivity index (χ0v) is 14.0. The monoisotopic (exact) mass is 317 g/mol. The smallest absolute Gasteiger partial charge is 0.133 e. The van der Waals surface area contributed by atoms with E-state index in [-0.39, 0.29) is 0 Å². The molecule has 0 heterocycles. The van der Waals surface area contributed by atoms with Crippen molar-refractivity contribution in [2.24, 2.45) is 5.73 Å². The predicted molar refractivity (Wildman–Crippen MR) is 103 cm³/mol. The molecule has 2 nitrogen and oxygen atoms in total. The van der Waals surface area contributed by atoms with Crippen LogP contribution in [0.3, 0.4) is 0 Å². The minimum absolute atomic E-state index is 0.731. The molecule has 0 unspecified atom stereocenters. The van der Waals surface area contributed by atoms with Crippen LogP contribution in [0, 0.1) is 0 Å². The van der Waals surface area contributed by atoms with Gasteiger partial charge in [-0.2, -0.15) is 0 Å². The average molecular weight is 317 g/mol. The number of fused-ring (bicyclic) bond motifs is 1. The van der Waals surface area contributed by atoms with Gasteiger partial charge < -0.3 is 10.5 Å². The Morgan fingerprint density at radius 3 is 2.67 bits per heavy atom. The standard InChI is InChI=1S/C22H23NO/c1-24-22-20(14-13-19-9-2-3-10-21(19)22)12-11-18-7-4-6-17(16-18)8-5-15-23/h2-4,6-7,9-14,16H,5,8,15,23H2,1H3. The van der Waals surface area contributed by atoms with Crippen molar-refractivity contribution >= 4 is 22.9 Å². The van der Waals surface area contributed by atoms with E-state index in [1.165, 1.54) is 16.5 Å². The molecule has 0 aliphatic heterocycles. The molecule has 0 aromatic heterocycles. The lowest BCUT2D eigenvalue weighted by Gasteiger charge is -2.09. The highest BCUT2D eigenvalue weighted by atomic mass is 16.5. The van der Waals surface area contributed by atoms with E-state index < -0.39 is 0 Å². The van der Waals surface area contributed by atoms with Gasteiger partial charge >= 0.3 is 0 Å². The molecule has 0 amide bonds. The summed E-state index contributed by atoms with van der Waals surface area (Å²) >= 11 is 0. The topological polar surface area (TPSA) is 35.2 Å². The summed E-state index contributed by atoms with van der Waals surface area (Å²) in [6.45, 7) is 0.731. The van der Waals surface area contributed by atoms with Gasteiger partial charge in [-0.15, -0.1) is 0 Å². The second-order valence-corrected chi connectivity index (χ2v) is 5.88. The number of ether oxygens (including phenoxy) is 1. The van der Waals surface area contributed by atoms with Gasteiger partial charge in [-0.3, -0.25) is 0 Å². The van der Waals surface area contributed by atoms with E-state index in [0.717, 1.165) is 36.1 Å². The molecule has 0 radical (unpaired) electrons. The Hall–Kier alpha value is -2.58. The van der Waals surface area contributed by atoms with Crippen LogP contribution >= 0.6 is 0 Å². The van der Waals surface area contributed by atoms with Gasteiger partial charge in [0.25, 0.3) is 0 Å². The van der Waals surface area contributed by atoms with Gasteiger partial charge in [0.1, 0.15) is 5.75 Å². The van der Waals surface area contributed by atoms with E-state index in [0.29, 0.717) is 0 Å². The van der Waals surface area contributed by atoms with Gasteiger partial charge in [-0.1, -0.05) is 72.8 Å². The van der Waals surface area contributed by atoms with E-state index in [9.17, 15) is 0 Å². The predicted octanol–water partition coefficient (Wildman–Crippen LogP) is 4.91. The molecule has 3 aromatic rings. The van der Waals surface area contributed by atoms with E-state index in [4.69, 9.17) is 10.5 Å². The molecular weight excluding hydrogens is 294 g/mol. The highest BCUT2D eigenvalue weighted by molar-refractivity contribution is 5.93. The number of aryl methyl sites for hydroxylation is 1. The van der Waals surface area contributed by atoms with Crippen LogP contribution in [0.2, 0.25) is 0 Å². The minimum atomic E-state index is 0.731. The van der Waals surface area contributed by atoms with E-state index >= 15 is 0 Å². The van der Waals surface area contributed by atoms with E-state index in [1.807, 2.05) is 12.1 Å². The zero-order valence-electron chi connectivity index (χ0n) is 14.0. The van der Waals surface area contributed by atoms with Crippen molar-refractivity contribution in [1.82, 2.24) is 0 Å². The lowest BCUT2D eigenvalue weighted by Crippen LogP contribution is -2.00. The fraction of sp³-hybridized carbons (Fsp3) is 0.182. The number of benzene rings is 3. The van der Waals surface area contributed by atoms with Crippen molar-refractivity contribution in [3.05, 3.63) is 77.4 Å². The third kappa shape index (κ3) is 3.66. The molecule has 3 rings (SSSR count). The van der Waals surface area contributed by atoms with Crippen LogP contribution in [0.4, 0.5) is 0 Å². The molecule has 122 valence electrons. The maximum absolute atomic E-state index is 5.66. The van der Waals surface area contributed by atoms with E-state index in [2.05, 4.69) is 60.7 Å². The van der Waals surface area contributed by atoms with Crippen molar-refractivity contribution < 1.29 is 4.74 Å². The number of nitrogens with two attached hydrogens (primary N) is 1. The summed E-state index contributed by atoms with van der Waals surface area (Å²) in [5, 5.41) is 2.33. The van der Waals surface area contributed by atoms with Gasteiger partial charge in [0.05, 0.1) is 7.11 Å². The highest BCUT2D eigenvalue weighted by Crippen LogP contribution is 2.30. The molecule has 0 spiro atoms. The molecule has 0 aliphatic rings. The summed E-state index contributed by atoms with van der Waals surface area (Å²) in [7, 11) is 1.73. The van der Waals surface area contributed by atoms with Crippen molar-refractivity contribution in [2.45, 2.75) is 12.8 Å². The summed E-state index contributed by atoms with van der Waals surface area (Å²) < 4.78 is 5.66. The maximum atomic E-state index is 5.66. The Bertz CT molecular complexity index is 851. The first-order valence-corrected chi connectivity index (χ1v) is 8.34. The number of hydrogen-bond donors (Lipinski definition) is 1. The number of methoxy groups -OCH3 is 1. The van der Waals surface area contributed by atoms with Crippen molar-refractivity contribution in [2.75, 3.05) is 13.7 Å². The average Bonchev–Trinajstić information content (AvgIpc) is 2.64. The molecule has 24 heavy (non-hydrogen) atoms. The molecule has 0 saturated carbocycles. The largest absolute Gasteiger partial charge is 0.495 e. The Kier molecular flexibility index (Phi) is 5.29. The van der Waals surface area contributed by atoms with Crippen LogP contribution in [0.1, 0.15) is 23.1 Å². The Morgan fingerprint density at radius 1 is 0.958 bits per heavy atom. The summed E-state index contributed by atoms with van der Waals surface area (Å²) in [5.41, 5.74) is 9.21. The van der Waals surface area contributed by atoms with Crippen molar-refractivity contribution in [3.8, 4) is 5.75 Å². The zero-order chi connectivity index (χ0) is 16.8. The fourth-order valence-electron chi connectivity index (χ4n) is 2.96. The molecule has 2 N–H and O–H groups in total. The molecule has 0 aliphatic carbocycles. The molecule has 0 fully saturated rings. The summed E-state index contributed by atoms with van der Waals surface area (Å²) in [5.74, 6) is 0.920. The number of rotatable bonds is 6. The lowest BCUT2D eigenvalue weighted by atomic mass is 10.0. The lowest BCUT2D eigenvalue weighted by molar-refractivity contribution is 0.419. The SMILES string of the molecule is COc1c(C=Cc2cccc(CCCN)c2)ccc2ccccc12. The minimum Gasteiger partial charge on any atom is -0.495 e. The normalized spacial score (nSPS) is 11.2. The van der Waals surface area contributed by atoms with Crippen LogP contribution in [-0.2, 0) is 6.42 Å². The van der Waals surface area contributed by atoms with Crippen LogP contribution in [0.25, 0.3) is 22.9 Å². The Balaban J connectivity index is 1.90. The third-order valence-corrected chi connectivity index (χ3v) is 4.19. The molecule has 2 heteroatoms. The van der Waals surface area contributed by atoms with Crippen LogP contribution in [0.5, 0.6) is 5.75 Å². The van der Waals surface area contributed by atoms with Gasteiger partial charge in [-0.25, -0.2) is 0 Å². The first kappa shape index (κ1) is 16.3. The Morgan fingerprint density at radius 2 is 1.83 bits per heavy atom. The summed E-state index contributed by atoms with van der Waals surface area (Å²) in [6, 6.07) is 21.1. The van der Waals surface area contributed by atoms with Crippen molar-refractivity contribution in [3.63, 3.8) is 0 Å². The second-order valence-electron chi connectivity index (χ2n) is 5.88. The second kappa shape index (κ2) is 7.80. The Labute approximate surface area is 143 Å². The van der Waals surface area contributed by atoms with Gasteiger partial charge in [0.2, 0.25) is 0 Å². The van der Waals surface area contributed by atoms with Gasteiger partial charge in [-0.05, 0) is 35.9 Å². The van der Waals surface area contributed by atoms with Crippen molar-refractivity contribution in [1.29, 1.82) is 0 Å². The first-order chi connectivity index (χ1) is 11.8. The van der Waals surface area contributed by atoms with Gasteiger partial charge in [0, 0.05) is 10.9 Å². The molecule has 3 aromatic carbocycles. The molecule has 0 bridgehead atoms. The van der Waals surface area contributed by atoms with Crippen LogP contribution < -0.4 is 10.5 Å². The summed E-state index contributed by atoms with van der Waals surface area (Å²) in [6.07, 6.45) is 6.30. The molecule has 0 saturated heterocycles. The molecular formula is C22H23NO. The third-order valence-electron chi connectivity index (χ3n) is 4.19.